The molecule has 1 heterocycles. The zero-order valence-corrected chi connectivity index (χ0v) is 13.1. The Balaban J connectivity index is 2.42. The zero-order valence-electron chi connectivity index (χ0n) is 12.3. The summed E-state index contributed by atoms with van der Waals surface area (Å²) in [5.41, 5.74) is 3.99. The van der Waals surface area contributed by atoms with Gasteiger partial charge in [-0.25, -0.2) is 0 Å². The minimum Gasteiger partial charge on any atom is -0.308 e. The van der Waals surface area contributed by atoms with Crippen molar-refractivity contribution < 1.29 is 4.79 Å². The van der Waals surface area contributed by atoms with Crippen molar-refractivity contribution >= 4 is 23.1 Å². The molecule has 1 aromatic carbocycles. The molecule has 0 unspecified atom stereocenters. The molecular weight excluding hydrogens is 270 g/mol. The summed E-state index contributed by atoms with van der Waals surface area (Å²) in [7, 11) is 0. The van der Waals surface area contributed by atoms with Gasteiger partial charge in [0.15, 0.2) is 0 Å². The summed E-state index contributed by atoms with van der Waals surface area (Å²) in [6, 6.07) is 6.16. The van der Waals surface area contributed by atoms with Gasteiger partial charge < -0.3 is 4.90 Å². The van der Waals surface area contributed by atoms with E-state index in [-0.39, 0.29) is 5.91 Å². The van der Waals surface area contributed by atoms with Crippen LogP contribution in [0.4, 0.5) is 5.69 Å². The van der Waals surface area contributed by atoms with Crippen molar-refractivity contribution in [3.8, 4) is 0 Å². The van der Waals surface area contributed by atoms with Crippen molar-refractivity contribution in [2.24, 2.45) is 0 Å². The molecule has 20 heavy (non-hydrogen) atoms. The number of amides is 1. The van der Waals surface area contributed by atoms with Crippen LogP contribution < -0.4 is 4.90 Å². The van der Waals surface area contributed by atoms with E-state index in [1.807, 2.05) is 33.8 Å². The number of carbonyl (C=O) groups is 1. The van der Waals surface area contributed by atoms with Crippen molar-refractivity contribution in [1.29, 1.82) is 0 Å². The van der Waals surface area contributed by atoms with Gasteiger partial charge in [-0.05, 0) is 55.9 Å². The second kappa shape index (κ2) is 6.13. The summed E-state index contributed by atoms with van der Waals surface area (Å²) in [4.78, 5) is 15.2. The molecule has 0 fully saturated rings. The summed E-state index contributed by atoms with van der Waals surface area (Å²) < 4.78 is 3.91. The molecule has 0 atom stereocenters. The molecule has 0 aliphatic carbocycles. The number of rotatable bonds is 4. The van der Waals surface area contributed by atoms with Crippen molar-refractivity contribution in [2.75, 3.05) is 11.4 Å². The fraction of sp³-hybridized carbons (Fsp3) is 0.400. The number of aryl methyl sites for hydroxylation is 3. The first-order chi connectivity index (χ1) is 9.58. The SMILES string of the molecule is CCc1nnsc1C(=O)N(CC)c1cc(C)ccc1C. The minimum absolute atomic E-state index is 0.00644. The van der Waals surface area contributed by atoms with Crippen LogP contribution in [0.5, 0.6) is 0 Å². The third kappa shape index (κ3) is 2.72. The molecule has 0 saturated heterocycles. The van der Waals surface area contributed by atoms with E-state index < -0.39 is 0 Å². The third-order valence-electron chi connectivity index (χ3n) is 3.30. The first-order valence-electron chi connectivity index (χ1n) is 6.78. The van der Waals surface area contributed by atoms with Gasteiger partial charge in [-0.3, -0.25) is 4.79 Å². The molecule has 1 aromatic heterocycles. The minimum atomic E-state index is -0.00644. The highest BCUT2D eigenvalue weighted by Crippen LogP contribution is 2.25. The molecule has 0 spiro atoms. The summed E-state index contributed by atoms with van der Waals surface area (Å²) >= 11 is 1.18. The second-order valence-corrected chi connectivity index (χ2v) is 5.50. The maximum atomic E-state index is 12.7. The van der Waals surface area contributed by atoms with E-state index in [2.05, 4.69) is 21.7 Å². The highest BCUT2D eigenvalue weighted by Gasteiger charge is 2.22. The van der Waals surface area contributed by atoms with E-state index in [1.165, 1.54) is 11.5 Å². The van der Waals surface area contributed by atoms with Gasteiger partial charge in [-0.1, -0.05) is 23.5 Å². The summed E-state index contributed by atoms with van der Waals surface area (Å²) in [6.45, 7) is 8.66. The predicted octanol–water partition coefficient (Wildman–Crippen LogP) is 3.38. The van der Waals surface area contributed by atoms with Crippen LogP contribution >= 0.6 is 11.5 Å². The highest BCUT2D eigenvalue weighted by atomic mass is 32.1. The molecule has 2 aromatic rings. The molecule has 4 nitrogen and oxygen atoms in total. The van der Waals surface area contributed by atoms with Gasteiger partial charge in [0.05, 0.1) is 5.69 Å². The predicted molar refractivity (Wildman–Crippen MR) is 82.6 cm³/mol. The normalized spacial score (nSPS) is 10.6. The first kappa shape index (κ1) is 14.7. The molecule has 0 aliphatic heterocycles. The van der Waals surface area contributed by atoms with Crippen LogP contribution in [0.3, 0.4) is 0 Å². The van der Waals surface area contributed by atoms with Gasteiger partial charge in [0, 0.05) is 12.2 Å². The van der Waals surface area contributed by atoms with Crippen LogP contribution in [-0.2, 0) is 6.42 Å². The van der Waals surface area contributed by atoms with Crippen LogP contribution in [0.15, 0.2) is 18.2 Å². The molecule has 0 radical (unpaired) electrons. The van der Waals surface area contributed by atoms with Gasteiger partial charge in [0.25, 0.3) is 5.91 Å². The number of carbonyl (C=O) groups excluding carboxylic acids is 1. The zero-order chi connectivity index (χ0) is 14.7. The van der Waals surface area contributed by atoms with Gasteiger partial charge in [0.2, 0.25) is 0 Å². The Labute approximate surface area is 123 Å². The molecule has 2 rings (SSSR count). The lowest BCUT2D eigenvalue weighted by atomic mass is 10.1. The Morgan fingerprint density at radius 2 is 2.05 bits per heavy atom. The molecule has 0 aliphatic rings. The van der Waals surface area contributed by atoms with Crippen LogP contribution in [0.2, 0.25) is 0 Å². The molecule has 0 saturated carbocycles. The molecule has 1 amide bonds. The van der Waals surface area contributed by atoms with Crippen molar-refractivity contribution in [3.05, 3.63) is 39.9 Å². The number of hydrogen-bond donors (Lipinski definition) is 0. The Morgan fingerprint density at radius 3 is 2.70 bits per heavy atom. The molecular formula is C15H19N3OS. The largest absolute Gasteiger partial charge is 0.308 e. The summed E-state index contributed by atoms with van der Waals surface area (Å²) in [6.07, 6.45) is 0.724. The van der Waals surface area contributed by atoms with Crippen LogP contribution in [-0.4, -0.2) is 22.0 Å². The van der Waals surface area contributed by atoms with Crippen molar-refractivity contribution in [3.63, 3.8) is 0 Å². The topological polar surface area (TPSA) is 46.1 Å². The third-order valence-corrected chi connectivity index (χ3v) is 4.06. The number of hydrogen-bond acceptors (Lipinski definition) is 4. The maximum absolute atomic E-state index is 12.7. The monoisotopic (exact) mass is 289 g/mol. The smallest absolute Gasteiger partial charge is 0.271 e. The van der Waals surface area contributed by atoms with E-state index in [0.29, 0.717) is 11.4 Å². The van der Waals surface area contributed by atoms with Gasteiger partial charge in [-0.15, -0.1) is 5.10 Å². The Hall–Kier alpha value is -1.75. The average molecular weight is 289 g/mol. The van der Waals surface area contributed by atoms with Crippen LogP contribution in [0, 0.1) is 13.8 Å². The Morgan fingerprint density at radius 1 is 1.30 bits per heavy atom. The fourth-order valence-electron chi connectivity index (χ4n) is 2.16. The highest BCUT2D eigenvalue weighted by molar-refractivity contribution is 7.08. The van der Waals surface area contributed by atoms with Gasteiger partial charge >= 0.3 is 0 Å². The quantitative estimate of drug-likeness (QED) is 0.866. The van der Waals surface area contributed by atoms with Gasteiger partial charge in [0.1, 0.15) is 4.88 Å². The average Bonchev–Trinajstić information content (AvgIpc) is 2.91. The first-order valence-corrected chi connectivity index (χ1v) is 7.56. The van der Waals surface area contributed by atoms with Gasteiger partial charge in [-0.2, -0.15) is 0 Å². The lowest BCUT2D eigenvalue weighted by Gasteiger charge is -2.23. The van der Waals surface area contributed by atoms with Crippen LogP contribution in [0.25, 0.3) is 0 Å². The number of anilines is 1. The van der Waals surface area contributed by atoms with Crippen molar-refractivity contribution in [2.45, 2.75) is 34.1 Å². The van der Waals surface area contributed by atoms with E-state index >= 15 is 0 Å². The van der Waals surface area contributed by atoms with Crippen molar-refractivity contribution in [1.82, 2.24) is 9.59 Å². The Bertz CT molecular complexity index is 621. The summed E-state index contributed by atoms with van der Waals surface area (Å²) in [5, 5.41) is 4.03. The van der Waals surface area contributed by atoms with E-state index in [1.54, 1.807) is 4.90 Å². The molecule has 106 valence electrons. The molecule has 0 bridgehead atoms. The maximum Gasteiger partial charge on any atom is 0.271 e. The number of benzene rings is 1. The number of aromatic nitrogens is 2. The fourth-order valence-corrected chi connectivity index (χ4v) is 2.86. The lowest BCUT2D eigenvalue weighted by molar-refractivity contribution is 0.0991. The van der Waals surface area contributed by atoms with Crippen LogP contribution in [0.1, 0.15) is 40.3 Å². The number of nitrogens with zero attached hydrogens (tertiary/aromatic N) is 3. The lowest BCUT2D eigenvalue weighted by Crippen LogP contribution is -2.31. The van der Waals surface area contributed by atoms with E-state index in [4.69, 9.17) is 0 Å². The van der Waals surface area contributed by atoms with E-state index in [0.717, 1.165) is 28.9 Å². The molecule has 0 N–H and O–H groups in total. The Kier molecular flexibility index (Phi) is 4.49. The second-order valence-electron chi connectivity index (χ2n) is 4.74. The summed E-state index contributed by atoms with van der Waals surface area (Å²) in [5.74, 6) is -0.00644. The standard InChI is InChI=1S/C15H19N3OS/c1-5-12-14(20-17-16-12)15(19)18(6-2)13-9-10(3)7-8-11(13)4/h7-9H,5-6H2,1-4H3. The molecule has 5 heteroatoms. The van der Waals surface area contributed by atoms with E-state index in [9.17, 15) is 4.79 Å².